The summed E-state index contributed by atoms with van der Waals surface area (Å²) in [5.74, 6) is 0.431. The number of carbonyl (C=O) groups is 1. The molecule has 0 N–H and O–H groups in total. The maximum absolute atomic E-state index is 13.6. The normalized spacial score (nSPS) is 12.0. The number of hydrogen-bond acceptors (Lipinski definition) is 7. The van der Waals surface area contributed by atoms with Crippen LogP contribution in [0.4, 0.5) is 5.13 Å². The number of nitrogens with zero attached hydrogens (tertiary/aromatic N) is 4. The van der Waals surface area contributed by atoms with E-state index in [1.54, 1.807) is 31.2 Å². The summed E-state index contributed by atoms with van der Waals surface area (Å²) in [6.45, 7) is 5.57. The third-order valence-corrected chi connectivity index (χ3v) is 8.88. The molecular weight excluding hydrogens is 484 g/mol. The lowest BCUT2D eigenvalue weighted by molar-refractivity contribution is 0.0985. The number of aromatic nitrogens is 1. The van der Waals surface area contributed by atoms with E-state index >= 15 is 0 Å². The van der Waals surface area contributed by atoms with Crippen LogP contribution in [0.1, 0.15) is 35.7 Å². The number of aryl methyl sites for hydroxylation is 1. The van der Waals surface area contributed by atoms with Crippen molar-refractivity contribution in [2.75, 3.05) is 52.8 Å². The highest BCUT2D eigenvalue weighted by Gasteiger charge is 2.25. The monoisotopic (exact) mass is 518 g/mol. The molecule has 0 aliphatic carbocycles. The predicted molar refractivity (Wildman–Crippen MR) is 142 cm³/mol. The van der Waals surface area contributed by atoms with Crippen LogP contribution in [-0.2, 0) is 10.0 Å². The lowest BCUT2D eigenvalue weighted by Gasteiger charge is -2.22. The lowest BCUT2D eigenvalue weighted by Crippen LogP contribution is -2.36. The number of thiazole rings is 1. The predicted octanol–water partition coefficient (Wildman–Crippen LogP) is 4.24. The molecule has 190 valence electrons. The summed E-state index contributed by atoms with van der Waals surface area (Å²) < 4.78 is 33.5. The van der Waals surface area contributed by atoms with Crippen LogP contribution < -0.4 is 9.64 Å². The molecule has 1 amide bonds. The van der Waals surface area contributed by atoms with Crippen molar-refractivity contribution in [1.82, 2.24) is 14.2 Å². The molecule has 2 aromatic carbocycles. The van der Waals surface area contributed by atoms with Gasteiger partial charge in [-0.2, -0.15) is 0 Å². The van der Waals surface area contributed by atoms with Gasteiger partial charge in [0.25, 0.3) is 5.91 Å². The summed E-state index contributed by atoms with van der Waals surface area (Å²) in [5, 5.41) is 0.579. The topological polar surface area (TPSA) is 83.1 Å². The summed E-state index contributed by atoms with van der Waals surface area (Å²) in [4.78, 5) is 22.2. The summed E-state index contributed by atoms with van der Waals surface area (Å²) in [6.07, 6.45) is 1.70. The zero-order chi connectivity index (χ0) is 25.8. The van der Waals surface area contributed by atoms with E-state index in [0.717, 1.165) is 28.6 Å². The van der Waals surface area contributed by atoms with E-state index in [1.807, 2.05) is 45.0 Å². The Bertz CT molecular complexity index is 1270. The van der Waals surface area contributed by atoms with Gasteiger partial charge in [0.15, 0.2) is 5.13 Å². The number of ether oxygens (including phenoxy) is 1. The molecule has 3 rings (SSSR count). The summed E-state index contributed by atoms with van der Waals surface area (Å²) in [5.41, 5.74) is 2.19. The molecule has 1 aromatic heterocycles. The van der Waals surface area contributed by atoms with Gasteiger partial charge < -0.3 is 9.64 Å². The van der Waals surface area contributed by atoms with Crippen molar-refractivity contribution in [3.8, 4) is 5.75 Å². The molecule has 0 spiro atoms. The number of likely N-dealkylation sites (N-methyl/N-ethyl adjacent to an activating group) is 1. The fourth-order valence-corrected chi connectivity index (χ4v) is 5.85. The van der Waals surface area contributed by atoms with Crippen LogP contribution >= 0.6 is 11.3 Å². The molecule has 3 aromatic rings. The van der Waals surface area contributed by atoms with Crippen molar-refractivity contribution in [2.24, 2.45) is 0 Å². The van der Waals surface area contributed by atoms with Crippen LogP contribution in [0.3, 0.4) is 0 Å². The van der Waals surface area contributed by atoms with Gasteiger partial charge in [0.1, 0.15) is 11.3 Å². The molecule has 0 radical (unpaired) electrons. The number of unbranched alkanes of at least 4 members (excludes halogenated alkanes) is 1. The number of anilines is 1. The van der Waals surface area contributed by atoms with Gasteiger partial charge in [-0.05, 0) is 63.3 Å². The molecule has 0 aliphatic rings. The van der Waals surface area contributed by atoms with Gasteiger partial charge in [-0.25, -0.2) is 17.7 Å². The van der Waals surface area contributed by atoms with Gasteiger partial charge in [0.05, 0.1) is 16.7 Å². The van der Waals surface area contributed by atoms with Crippen LogP contribution in [0.15, 0.2) is 41.3 Å². The Morgan fingerprint density at radius 1 is 1.03 bits per heavy atom. The van der Waals surface area contributed by atoms with Gasteiger partial charge in [0.2, 0.25) is 10.0 Å². The van der Waals surface area contributed by atoms with Crippen molar-refractivity contribution in [2.45, 2.75) is 31.6 Å². The van der Waals surface area contributed by atoms with Crippen molar-refractivity contribution in [3.05, 3.63) is 47.5 Å². The van der Waals surface area contributed by atoms with Crippen LogP contribution in [-0.4, -0.2) is 76.4 Å². The van der Waals surface area contributed by atoms with Gasteiger partial charge in [0, 0.05) is 32.2 Å². The van der Waals surface area contributed by atoms with E-state index in [1.165, 1.54) is 27.8 Å². The third-order valence-electron chi connectivity index (χ3n) is 5.79. The van der Waals surface area contributed by atoms with Crippen LogP contribution in [0.2, 0.25) is 0 Å². The molecule has 0 fully saturated rings. The number of hydrogen-bond donors (Lipinski definition) is 0. The van der Waals surface area contributed by atoms with E-state index in [-0.39, 0.29) is 10.8 Å². The number of rotatable bonds is 11. The Kier molecular flexibility index (Phi) is 8.87. The van der Waals surface area contributed by atoms with E-state index in [4.69, 9.17) is 9.72 Å². The zero-order valence-corrected chi connectivity index (χ0v) is 22.9. The van der Waals surface area contributed by atoms with E-state index in [9.17, 15) is 13.2 Å². The van der Waals surface area contributed by atoms with Gasteiger partial charge >= 0.3 is 0 Å². The first kappa shape index (κ1) is 27.1. The van der Waals surface area contributed by atoms with Gasteiger partial charge in [-0.3, -0.25) is 9.69 Å². The molecular formula is C25H34N4O4S2. The van der Waals surface area contributed by atoms with Gasteiger partial charge in [-0.1, -0.05) is 30.7 Å². The maximum Gasteiger partial charge on any atom is 0.260 e. The molecule has 0 saturated carbocycles. The number of carbonyl (C=O) groups excluding carboxylic acids is 1. The number of sulfonamides is 1. The van der Waals surface area contributed by atoms with Gasteiger partial charge in [-0.15, -0.1) is 0 Å². The second kappa shape index (κ2) is 11.5. The highest BCUT2D eigenvalue weighted by Crippen LogP contribution is 2.36. The summed E-state index contributed by atoms with van der Waals surface area (Å²) >= 11 is 1.45. The second-order valence-corrected chi connectivity index (χ2v) is 11.7. The number of benzene rings is 2. The Hall–Kier alpha value is -2.53. The van der Waals surface area contributed by atoms with Crippen LogP contribution in [0.5, 0.6) is 5.75 Å². The number of methoxy groups -OCH3 is 1. The minimum Gasteiger partial charge on any atom is -0.494 e. The fraction of sp³-hybridized carbons (Fsp3) is 0.440. The Morgan fingerprint density at radius 3 is 2.31 bits per heavy atom. The van der Waals surface area contributed by atoms with Crippen molar-refractivity contribution in [1.29, 1.82) is 0 Å². The number of amides is 1. The highest BCUT2D eigenvalue weighted by molar-refractivity contribution is 7.89. The first-order valence-electron chi connectivity index (χ1n) is 11.6. The molecule has 8 nitrogen and oxygen atoms in total. The standard InChI is InChI=1S/C25H34N4O4S2/c1-7-8-15-28(5)35(31,32)20-12-10-19(11-13-20)24(30)29(17-16-27(3)4)25-26-22-21(33-6)14-9-18(2)23(22)34-25/h9-14H,7-8,15-17H2,1-6H3. The first-order chi connectivity index (χ1) is 16.6. The molecule has 10 heteroatoms. The smallest absolute Gasteiger partial charge is 0.260 e. The molecule has 0 aliphatic heterocycles. The maximum atomic E-state index is 13.6. The van der Waals surface area contributed by atoms with Crippen molar-refractivity contribution in [3.63, 3.8) is 0 Å². The minimum absolute atomic E-state index is 0.174. The average molecular weight is 519 g/mol. The highest BCUT2D eigenvalue weighted by atomic mass is 32.2. The molecule has 1 heterocycles. The third kappa shape index (κ3) is 6.00. The van der Waals surface area contributed by atoms with Crippen LogP contribution in [0.25, 0.3) is 10.2 Å². The Balaban J connectivity index is 1.95. The Labute approximate surface area is 212 Å². The average Bonchev–Trinajstić information content (AvgIpc) is 3.28. The fourth-order valence-electron chi connectivity index (χ4n) is 3.57. The molecule has 35 heavy (non-hydrogen) atoms. The quantitative estimate of drug-likeness (QED) is 0.378. The lowest BCUT2D eigenvalue weighted by atomic mass is 10.2. The van der Waals surface area contributed by atoms with Crippen LogP contribution in [0, 0.1) is 6.92 Å². The molecule has 0 unspecified atom stereocenters. The largest absolute Gasteiger partial charge is 0.494 e. The van der Waals surface area contributed by atoms with E-state index in [0.29, 0.717) is 36.1 Å². The second-order valence-electron chi connectivity index (χ2n) is 8.72. The molecule has 0 saturated heterocycles. The molecule has 0 bridgehead atoms. The SMILES string of the molecule is CCCCN(C)S(=O)(=O)c1ccc(C(=O)N(CCN(C)C)c2nc3c(OC)ccc(C)c3s2)cc1. The zero-order valence-electron chi connectivity index (χ0n) is 21.2. The van der Waals surface area contributed by atoms with E-state index in [2.05, 4.69) is 0 Å². The first-order valence-corrected chi connectivity index (χ1v) is 13.8. The number of fused-ring (bicyclic) bond motifs is 1. The molecule has 0 atom stereocenters. The summed E-state index contributed by atoms with van der Waals surface area (Å²) in [7, 11) is 3.48. The Morgan fingerprint density at radius 2 is 1.71 bits per heavy atom. The summed E-state index contributed by atoms with van der Waals surface area (Å²) in [6, 6.07) is 10.0. The minimum atomic E-state index is -3.60. The van der Waals surface area contributed by atoms with Crippen molar-refractivity contribution >= 4 is 42.6 Å². The van der Waals surface area contributed by atoms with Crippen molar-refractivity contribution < 1.29 is 17.9 Å². The van der Waals surface area contributed by atoms with E-state index < -0.39 is 10.0 Å².